The Kier molecular flexibility index (Phi) is 4.21. The minimum absolute atomic E-state index is 0.00778. The summed E-state index contributed by atoms with van der Waals surface area (Å²) in [5, 5.41) is 7.39. The van der Waals surface area contributed by atoms with Gasteiger partial charge in [0.05, 0.1) is 5.69 Å². The van der Waals surface area contributed by atoms with E-state index in [2.05, 4.69) is 15.2 Å². The Morgan fingerprint density at radius 2 is 1.81 bits per heavy atom. The lowest BCUT2D eigenvalue weighted by atomic mass is 10.3. The van der Waals surface area contributed by atoms with Gasteiger partial charge in [0, 0.05) is 24.4 Å². The number of imide groups is 1. The number of hydrogen-bond acceptors (Lipinski definition) is 7. The lowest BCUT2D eigenvalue weighted by molar-refractivity contribution is -0.121. The number of nitrogens with zero attached hydrogens (tertiary/aromatic N) is 4. The second kappa shape index (κ2) is 6.68. The summed E-state index contributed by atoms with van der Waals surface area (Å²) in [6.45, 7) is 0. The molecule has 1 aliphatic heterocycles. The molecule has 3 heterocycles. The Morgan fingerprint density at radius 3 is 2.54 bits per heavy atom. The number of carbonyl (C=O) groups excluding carboxylic acids is 2. The molecule has 9 heteroatoms. The van der Waals surface area contributed by atoms with Crippen LogP contribution in [0.1, 0.15) is 6.42 Å². The van der Waals surface area contributed by atoms with Gasteiger partial charge in [-0.25, -0.2) is 9.29 Å². The Hall–Kier alpha value is -3.07. The Balaban J connectivity index is 1.51. The van der Waals surface area contributed by atoms with E-state index < -0.39 is 17.0 Å². The van der Waals surface area contributed by atoms with Crippen LogP contribution >= 0.6 is 11.8 Å². The molecule has 2 aromatic heterocycles. The molecule has 7 nitrogen and oxygen atoms in total. The van der Waals surface area contributed by atoms with E-state index in [4.69, 9.17) is 4.42 Å². The zero-order chi connectivity index (χ0) is 18.1. The van der Waals surface area contributed by atoms with Crippen LogP contribution in [-0.4, -0.2) is 32.2 Å². The van der Waals surface area contributed by atoms with E-state index in [9.17, 15) is 14.0 Å². The molecule has 0 saturated carbocycles. The number of benzene rings is 1. The third-order valence-corrected chi connectivity index (χ3v) is 4.79. The fourth-order valence-electron chi connectivity index (χ4n) is 2.55. The van der Waals surface area contributed by atoms with E-state index in [1.165, 1.54) is 24.3 Å². The summed E-state index contributed by atoms with van der Waals surface area (Å²) in [6, 6.07) is 8.65. The number of amides is 2. The van der Waals surface area contributed by atoms with Crippen LogP contribution in [-0.2, 0) is 9.59 Å². The zero-order valence-corrected chi connectivity index (χ0v) is 14.0. The SMILES string of the molecule is O=C1CC(Sc2nnc(-c3ccncc3)o2)C(=O)N1c1ccc(F)cc1. The topological polar surface area (TPSA) is 89.2 Å². The van der Waals surface area contributed by atoms with Crippen molar-refractivity contribution >= 4 is 29.3 Å². The molecule has 1 aliphatic rings. The standard InChI is InChI=1S/C17H11FN4O3S/c18-11-1-3-12(4-2-11)22-14(23)9-13(16(22)24)26-17-21-20-15(25-17)10-5-7-19-8-6-10/h1-8,13H,9H2. The molecule has 4 rings (SSSR count). The highest BCUT2D eigenvalue weighted by molar-refractivity contribution is 8.00. The van der Waals surface area contributed by atoms with Crippen molar-refractivity contribution in [2.24, 2.45) is 0 Å². The smallest absolute Gasteiger partial charge is 0.277 e. The first-order chi connectivity index (χ1) is 12.6. The Bertz CT molecular complexity index is 962. The van der Waals surface area contributed by atoms with Crippen LogP contribution < -0.4 is 4.90 Å². The van der Waals surface area contributed by atoms with Crippen molar-refractivity contribution < 1.29 is 18.4 Å². The van der Waals surface area contributed by atoms with Crippen molar-refractivity contribution in [3.05, 3.63) is 54.6 Å². The molecule has 1 aromatic carbocycles. The molecule has 0 bridgehead atoms. The van der Waals surface area contributed by atoms with E-state index in [-0.39, 0.29) is 17.6 Å². The summed E-state index contributed by atoms with van der Waals surface area (Å²) in [5.41, 5.74) is 1.05. The van der Waals surface area contributed by atoms with Crippen LogP contribution in [0.3, 0.4) is 0 Å². The number of anilines is 1. The van der Waals surface area contributed by atoms with Crippen molar-refractivity contribution in [3.63, 3.8) is 0 Å². The lowest BCUT2D eigenvalue weighted by Gasteiger charge is -2.14. The zero-order valence-electron chi connectivity index (χ0n) is 13.2. The fraction of sp³-hybridized carbons (Fsp3) is 0.118. The third kappa shape index (κ3) is 3.08. The van der Waals surface area contributed by atoms with E-state index in [0.717, 1.165) is 16.7 Å². The molecule has 26 heavy (non-hydrogen) atoms. The van der Waals surface area contributed by atoms with E-state index in [1.807, 2.05) is 0 Å². The van der Waals surface area contributed by atoms with Crippen molar-refractivity contribution in [2.45, 2.75) is 16.9 Å². The second-order valence-electron chi connectivity index (χ2n) is 5.46. The van der Waals surface area contributed by atoms with Gasteiger partial charge in [-0.05, 0) is 36.4 Å². The number of rotatable bonds is 4. The largest absolute Gasteiger partial charge is 0.411 e. The first-order valence-electron chi connectivity index (χ1n) is 7.65. The van der Waals surface area contributed by atoms with Gasteiger partial charge in [0.2, 0.25) is 17.7 Å². The van der Waals surface area contributed by atoms with Gasteiger partial charge >= 0.3 is 0 Å². The summed E-state index contributed by atoms with van der Waals surface area (Å²) in [4.78, 5) is 29.8. The van der Waals surface area contributed by atoms with Crippen molar-refractivity contribution in [1.82, 2.24) is 15.2 Å². The summed E-state index contributed by atoms with van der Waals surface area (Å²) in [5.74, 6) is -0.876. The second-order valence-corrected chi connectivity index (χ2v) is 6.62. The molecule has 130 valence electrons. The molecule has 1 atom stereocenters. The predicted octanol–water partition coefficient (Wildman–Crippen LogP) is 2.69. The molecular formula is C17H11FN4O3S. The molecule has 0 radical (unpaired) electrons. The fourth-order valence-corrected chi connectivity index (χ4v) is 3.44. The normalized spacial score (nSPS) is 17.1. The summed E-state index contributed by atoms with van der Waals surface area (Å²) in [6.07, 6.45) is 3.21. The lowest BCUT2D eigenvalue weighted by Crippen LogP contribution is -2.31. The Labute approximate surface area is 151 Å². The minimum Gasteiger partial charge on any atom is -0.411 e. The highest BCUT2D eigenvalue weighted by Crippen LogP contribution is 2.34. The van der Waals surface area contributed by atoms with E-state index in [0.29, 0.717) is 17.1 Å². The molecule has 2 amide bonds. The maximum Gasteiger partial charge on any atom is 0.277 e. The van der Waals surface area contributed by atoms with Gasteiger partial charge in [-0.15, -0.1) is 10.2 Å². The first kappa shape index (κ1) is 16.4. The van der Waals surface area contributed by atoms with Gasteiger partial charge < -0.3 is 4.42 Å². The molecule has 1 unspecified atom stereocenters. The van der Waals surface area contributed by atoms with Crippen LogP contribution in [0.15, 0.2) is 58.4 Å². The number of aromatic nitrogens is 3. The molecule has 0 N–H and O–H groups in total. The van der Waals surface area contributed by atoms with Crippen molar-refractivity contribution in [1.29, 1.82) is 0 Å². The first-order valence-corrected chi connectivity index (χ1v) is 8.53. The highest BCUT2D eigenvalue weighted by Gasteiger charge is 2.41. The number of hydrogen-bond donors (Lipinski definition) is 0. The third-order valence-electron chi connectivity index (χ3n) is 3.77. The van der Waals surface area contributed by atoms with Crippen molar-refractivity contribution in [2.75, 3.05) is 4.90 Å². The molecule has 0 spiro atoms. The monoisotopic (exact) mass is 370 g/mol. The number of thioether (sulfide) groups is 1. The molecule has 0 aliphatic carbocycles. The van der Waals surface area contributed by atoms with E-state index in [1.54, 1.807) is 24.5 Å². The van der Waals surface area contributed by atoms with Gasteiger partial charge in [-0.2, -0.15) is 0 Å². The molecule has 1 saturated heterocycles. The van der Waals surface area contributed by atoms with Crippen LogP contribution in [0.5, 0.6) is 0 Å². The van der Waals surface area contributed by atoms with Gasteiger partial charge in [0.15, 0.2) is 0 Å². The van der Waals surface area contributed by atoms with E-state index >= 15 is 0 Å². The van der Waals surface area contributed by atoms with Crippen molar-refractivity contribution in [3.8, 4) is 11.5 Å². The average molecular weight is 370 g/mol. The summed E-state index contributed by atoms with van der Waals surface area (Å²) >= 11 is 1.04. The Morgan fingerprint density at radius 1 is 1.08 bits per heavy atom. The van der Waals surface area contributed by atoms with Crippen LogP contribution in [0, 0.1) is 5.82 Å². The summed E-state index contributed by atoms with van der Waals surface area (Å²) < 4.78 is 18.6. The van der Waals surface area contributed by atoms with Crippen LogP contribution in [0.2, 0.25) is 0 Å². The quantitative estimate of drug-likeness (QED) is 0.652. The average Bonchev–Trinajstić information content (AvgIpc) is 3.22. The number of halogens is 1. The molecular weight excluding hydrogens is 359 g/mol. The molecule has 1 fully saturated rings. The number of carbonyl (C=O) groups is 2. The van der Waals surface area contributed by atoms with Crippen LogP contribution in [0.4, 0.5) is 10.1 Å². The predicted molar refractivity (Wildman–Crippen MR) is 90.7 cm³/mol. The maximum atomic E-state index is 13.1. The van der Waals surface area contributed by atoms with Gasteiger partial charge in [0.25, 0.3) is 5.22 Å². The van der Waals surface area contributed by atoms with Gasteiger partial charge in [-0.1, -0.05) is 11.8 Å². The highest BCUT2D eigenvalue weighted by atomic mass is 32.2. The molecule has 3 aromatic rings. The van der Waals surface area contributed by atoms with Gasteiger partial charge in [0.1, 0.15) is 11.1 Å². The minimum atomic E-state index is -0.668. The van der Waals surface area contributed by atoms with Gasteiger partial charge in [-0.3, -0.25) is 14.6 Å². The van der Waals surface area contributed by atoms with Crippen LogP contribution in [0.25, 0.3) is 11.5 Å². The number of pyridine rings is 1. The summed E-state index contributed by atoms with van der Waals surface area (Å²) in [7, 11) is 0. The maximum absolute atomic E-state index is 13.1.